The van der Waals surface area contributed by atoms with Crippen molar-refractivity contribution in [3.8, 4) is 5.75 Å². The van der Waals surface area contributed by atoms with Crippen LogP contribution in [0.2, 0.25) is 0 Å². The average Bonchev–Trinajstić information content (AvgIpc) is 2.26. The van der Waals surface area contributed by atoms with Crippen LogP contribution in [0.3, 0.4) is 0 Å². The number of aryl methyl sites for hydroxylation is 1. The standard InChI is InChI=1S/C10H18N4O2/c1-3-7-8(16-6-4-5-15-2)9(11)14-10(12)13-7/h3-6H2,1-2H3,(H4,11,12,13,14). The Balaban J connectivity index is 2.70. The zero-order valence-corrected chi connectivity index (χ0v) is 9.69. The lowest BCUT2D eigenvalue weighted by Gasteiger charge is -2.11. The summed E-state index contributed by atoms with van der Waals surface area (Å²) in [4.78, 5) is 7.95. The fraction of sp³-hybridized carbons (Fsp3) is 0.600. The Kier molecular flexibility index (Phi) is 4.78. The van der Waals surface area contributed by atoms with Crippen LogP contribution >= 0.6 is 0 Å². The van der Waals surface area contributed by atoms with E-state index in [0.717, 1.165) is 12.1 Å². The van der Waals surface area contributed by atoms with E-state index in [-0.39, 0.29) is 5.95 Å². The third-order valence-electron chi connectivity index (χ3n) is 2.05. The van der Waals surface area contributed by atoms with Crippen LogP contribution in [0.5, 0.6) is 5.75 Å². The van der Waals surface area contributed by atoms with E-state index in [1.165, 1.54) is 0 Å². The van der Waals surface area contributed by atoms with Crippen LogP contribution < -0.4 is 16.2 Å². The molecule has 0 saturated carbocycles. The van der Waals surface area contributed by atoms with Crippen LogP contribution in [0, 0.1) is 0 Å². The maximum Gasteiger partial charge on any atom is 0.222 e. The van der Waals surface area contributed by atoms with Gasteiger partial charge in [-0.2, -0.15) is 4.98 Å². The molecule has 0 saturated heterocycles. The summed E-state index contributed by atoms with van der Waals surface area (Å²) in [5.74, 6) is 1.01. The van der Waals surface area contributed by atoms with Gasteiger partial charge in [0.1, 0.15) is 0 Å². The lowest BCUT2D eigenvalue weighted by molar-refractivity contribution is 0.172. The Labute approximate surface area is 95.0 Å². The van der Waals surface area contributed by atoms with Crippen molar-refractivity contribution in [1.82, 2.24) is 9.97 Å². The summed E-state index contributed by atoms with van der Waals surface area (Å²) in [5, 5.41) is 0. The van der Waals surface area contributed by atoms with Gasteiger partial charge in [-0.1, -0.05) is 6.92 Å². The number of nitrogen functional groups attached to an aromatic ring is 2. The minimum Gasteiger partial charge on any atom is -0.488 e. The monoisotopic (exact) mass is 226 g/mol. The van der Waals surface area contributed by atoms with Crippen molar-refractivity contribution in [2.24, 2.45) is 0 Å². The van der Waals surface area contributed by atoms with Gasteiger partial charge in [-0.15, -0.1) is 0 Å². The van der Waals surface area contributed by atoms with Crippen molar-refractivity contribution < 1.29 is 9.47 Å². The first kappa shape index (κ1) is 12.5. The van der Waals surface area contributed by atoms with Crippen molar-refractivity contribution in [3.05, 3.63) is 5.69 Å². The fourth-order valence-corrected chi connectivity index (χ4v) is 1.31. The summed E-state index contributed by atoms with van der Waals surface area (Å²) in [6.45, 7) is 3.14. The lowest BCUT2D eigenvalue weighted by atomic mass is 10.3. The topological polar surface area (TPSA) is 96.3 Å². The van der Waals surface area contributed by atoms with Crippen molar-refractivity contribution >= 4 is 11.8 Å². The minimum absolute atomic E-state index is 0.179. The number of aromatic nitrogens is 2. The molecule has 0 atom stereocenters. The van der Waals surface area contributed by atoms with Gasteiger partial charge in [0.05, 0.1) is 12.3 Å². The zero-order valence-electron chi connectivity index (χ0n) is 9.69. The normalized spacial score (nSPS) is 10.4. The zero-order chi connectivity index (χ0) is 12.0. The van der Waals surface area contributed by atoms with Gasteiger partial charge in [0, 0.05) is 20.1 Å². The van der Waals surface area contributed by atoms with Crippen LogP contribution in [0.25, 0.3) is 0 Å². The molecule has 1 aromatic heterocycles. The number of hydrogen-bond acceptors (Lipinski definition) is 6. The van der Waals surface area contributed by atoms with E-state index in [2.05, 4.69) is 9.97 Å². The van der Waals surface area contributed by atoms with E-state index in [9.17, 15) is 0 Å². The Morgan fingerprint density at radius 2 is 1.94 bits per heavy atom. The molecule has 90 valence electrons. The Hall–Kier alpha value is -1.56. The van der Waals surface area contributed by atoms with Gasteiger partial charge < -0.3 is 20.9 Å². The van der Waals surface area contributed by atoms with E-state index in [1.807, 2.05) is 6.92 Å². The maximum absolute atomic E-state index is 5.73. The number of nitrogens with zero attached hydrogens (tertiary/aromatic N) is 2. The summed E-state index contributed by atoms with van der Waals surface area (Å²) < 4.78 is 10.5. The molecule has 1 aromatic rings. The van der Waals surface area contributed by atoms with E-state index in [1.54, 1.807) is 7.11 Å². The molecule has 0 unspecified atom stereocenters. The third-order valence-corrected chi connectivity index (χ3v) is 2.05. The molecule has 0 spiro atoms. The largest absolute Gasteiger partial charge is 0.488 e. The van der Waals surface area contributed by atoms with Crippen LogP contribution in [0.15, 0.2) is 0 Å². The molecular weight excluding hydrogens is 208 g/mol. The maximum atomic E-state index is 5.73. The van der Waals surface area contributed by atoms with E-state index >= 15 is 0 Å². The summed E-state index contributed by atoms with van der Waals surface area (Å²) in [5.41, 5.74) is 12.0. The molecule has 0 aliphatic heterocycles. The highest BCUT2D eigenvalue weighted by Crippen LogP contribution is 2.24. The SMILES string of the molecule is CCc1nc(N)nc(N)c1OCCCOC. The van der Waals surface area contributed by atoms with Crippen LogP contribution in [-0.4, -0.2) is 30.3 Å². The van der Waals surface area contributed by atoms with Gasteiger partial charge in [0.2, 0.25) is 5.95 Å². The molecule has 0 radical (unpaired) electrons. The van der Waals surface area contributed by atoms with Gasteiger partial charge in [-0.3, -0.25) is 0 Å². The number of rotatable bonds is 6. The Bertz CT molecular complexity index is 344. The highest BCUT2D eigenvalue weighted by molar-refractivity contribution is 5.51. The molecule has 0 amide bonds. The number of hydrogen-bond donors (Lipinski definition) is 2. The van der Waals surface area contributed by atoms with E-state index < -0.39 is 0 Å². The van der Waals surface area contributed by atoms with Gasteiger partial charge in [0.25, 0.3) is 0 Å². The number of anilines is 2. The predicted octanol–water partition coefficient (Wildman–Crippen LogP) is 0.619. The first-order chi connectivity index (χ1) is 7.69. The summed E-state index contributed by atoms with van der Waals surface area (Å²) in [6, 6.07) is 0. The summed E-state index contributed by atoms with van der Waals surface area (Å²) >= 11 is 0. The van der Waals surface area contributed by atoms with E-state index in [4.69, 9.17) is 20.9 Å². The minimum atomic E-state index is 0.179. The average molecular weight is 226 g/mol. The Morgan fingerprint density at radius 1 is 1.19 bits per heavy atom. The molecule has 0 fully saturated rings. The highest BCUT2D eigenvalue weighted by atomic mass is 16.5. The number of ether oxygens (including phenoxy) is 2. The van der Waals surface area contributed by atoms with Gasteiger partial charge in [0.15, 0.2) is 11.6 Å². The Morgan fingerprint density at radius 3 is 2.56 bits per heavy atom. The first-order valence-electron chi connectivity index (χ1n) is 5.22. The van der Waals surface area contributed by atoms with Crippen molar-refractivity contribution in [2.45, 2.75) is 19.8 Å². The van der Waals surface area contributed by atoms with Crippen LogP contribution in [0.4, 0.5) is 11.8 Å². The van der Waals surface area contributed by atoms with Gasteiger partial charge >= 0.3 is 0 Å². The third kappa shape index (κ3) is 3.23. The number of methoxy groups -OCH3 is 1. The lowest BCUT2D eigenvalue weighted by Crippen LogP contribution is -2.10. The molecule has 0 aromatic carbocycles. The summed E-state index contributed by atoms with van der Waals surface area (Å²) in [7, 11) is 1.65. The first-order valence-corrected chi connectivity index (χ1v) is 5.22. The quantitative estimate of drug-likeness (QED) is 0.690. The molecule has 16 heavy (non-hydrogen) atoms. The second-order valence-corrected chi connectivity index (χ2v) is 3.29. The molecule has 4 N–H and O–H groups in total. The molecular formula is C10H18N4O2. The molecule has 0 aliphatic rings. The smallest absolute Gasteiger partial charge is 0.222 e. The molecule has 0 bridgehead atoms. The van der Waals surface area contributed by atoms with Crippen molar-refractivity contribution in [1.29, 1.82) is 0 Å². The second-order valence-electron chi connectivity index (χ2n) is 3.29. The number of nitrogens with two attached hydrogens (primary N) is 2. The molecule has 0 aliphatic carbocycles. The second kappa shape index (κ2) is 6.12. The summed E-state index contributed by atoms with van der Waals surface area (Å²) in [6.07, 6.45) is 1.50. The van der Waals surface area contributed by atoms with Crippen molar-refractivity contribution in [3.63, 3.8) is 0 Å². The molecule has 1 heterocycles. The molecule has 6 nitrogen and oxygen atoms in total. The van der Waals surface area contributed by atoms with Crippen LogP contribution in [0.1, 0.15) is 19.0 Å². The molecule has 6 heteroatoms. The van der Waals surface area contributed by atoms with Gasteiger partial charge in [-0.25, -0.2) is 4.98 Å². The predicted molar refractivity (Wildman–Crippen MR) is 62.2 cm³/mol. The van der Waals surface area contributed by atoms with E-state index in [0.29, 0.717) is 31.2 Å². The highest BCUT2D eigenvalue weighted by Gasteiger charge is 2.10. The fourth-order valence-electron chi connectivity index (χ4n) is 1.31. The van der Waals surface area contributed by atoms with Gasteiger partial charge in [-0.05, 0) is 6.42 Å². The molecule has 1 rings (SSSR count). The van der Waals surface area contributed by atoms with Crippen LogP contribution in [-0.2, 0) is 11.2 Å². The van der Waals surface area contributed by atoms with Crippen molar-refractivity contribution in [2.75, 3.05) is 31.8 Å².